The van der Waals surface area contributed by atoms with Crippen molar-refractivity contribution in [2.75, 3.05) is 45.3 Å². The van der Waals surface area contributed by atoms with Crippen LogP contribution in [0.5, 0.6) is 5.75 Å². The fourth-order valence-corrected chi connectivity index (χ4v) is 4.33. The number of anilines is 1. The lowest BCUT2D eigenvalue weighted by molar-refractivity contribution is -0.142. The summed E-state index contributed by atoms with van der Waals surface area (Å²) >= 11 is 0. The number of amides is 1. The summed E-state index contributed by atoms with van der Waals surface area (Å²) in [6.45, 7) is 0.603. The van der Waals surface area contributed by atoms with Crippen LogP contribution in [0.15, 0.2) is 46.0 Å². The van der Waals surface area contributed by atoms with Crippen molar-refractivity contribution in [1.29, 1.82) is 0 Å². The van der Waals surface area contributed by atoms with Gasteiger partial charge in [0.05, 0.1) is 20.3 Å². The predicted octanol–water partition coefficient (Wildman–Crippen LogP) is 0.899. The number of carbonyl (C=O) groups is 2. The van der Waals surface area contributed by atoms with Crippen molar-refractivity contribution in [2.45, 2.75) is 4.90 Å². The Morgan fingerprint density at radius 2 is 2.03 bits per heavy atom. The summed E-state index contributed by atoms with van der Waals surface area (Å²) in [6, 6.07) is 5.94. The number of aromatic nitrogens is 1. The van der Waals surface area contributed by atoms with Gasteiger partial charge in [-0.05, 0) is 23.8 Å². The summed E-state index contributed by atoms with van der Waals surface area (Å²) in [7, 11) is -2.42. The Labute approximate surface area is 178 Å². The van der Waals surface area contributed by atoms with Gasteiger partial charge in [0.25, 0.3) is 5.91 Å². The minimum Gasteiger partial charge on any atom is -0.495 e. The van der Waals surface area contributed by atoms with Crippen LogP contribution in [0.4, 0.5) is 5.82 Å². The molecular formula is C19H21N3O8S. The Hall–Kier alpha value is -3.22. The molecule has 1 amide bonds. The molecule has 12 heteroatoms. The van der Waals surface area contributed by atoms with Crippen LogP contribution in [-0.2, 0) is 29.1 Å². The fourth-order valence-electron chi connectivity index (χ4n) is 2.73. The van der Waals surface area contributed by atoms with E-state index in [-0.39, 0.29) is 29.6 Å². The first-order valence-electron chi connectivity index (χ1n) is 9.21. The van der Waals surface area contributed by atoms with Crippen molar-refractivity contribution in [3.8, 4) is 5.75 Å². The molecule has 2 heterocycles. The van der Waals surface area contributed by atoms with Crippen LogP contribution in [0.1, 0.15) is 5.56 Å². The first-order valence-corrected chi connectivity index (χ1v) is 10.6. The molecule has 2 aromatic rings. The maximum atomic E-state index is 13.0. The van der Waals surface area contributed by atoms with E-state index in [4.69, 9.17) is 14.2 Å². The number of sulfonamides is 1. The molecule has 11 nitrogen and oxygen atoms in total. The van der Waals surface area contributed by atoms with Gasteiger partial charge in [0.1, 0.15) is 16.9 Å². The summed E-state index contributed by atoms with van der Waals surface area (Å²) in [5.41, 5.74) is 0.441. The van der Waals surface area contributed by atoms with Gasteiger partial charge in [0, 0.05) is 25.2 Å². The highest BCUT2D eigenvalue weighted by Gasteiger charge is 2.29. The Kier molecular flexibility index (Phi) is 7.39. The lowest BCUT2D eigenvalue weighted by atomic mass is 10.2. The highest BCUT2D eigenvalue weighted by atomic mass is 32.2. The first-order chi connectivity index (χ1) is 14.9. The summed E-state index contributed by atoms with van der Waals surface area (Å²) in [4.78, 5) is 23.5. The van der Waals surface area contributed by atoms with Crippen LogP contribution >= 0.6 is 0 Å². The van der Waals surface area contributed by atoms with Gasteiger partial charge in [-0.25, -0.2) is 13.2 Å². The Morgan fingerprint density at radius 1 is 1.26 bits per heavy atom. The zero-order chi connectivity index (χ0) is 22.3. The van der Waals surface area contributed by atoms with Gasteiger partial charge in [-0.1, -0.05) is 11.2 Å². The van der Waals surface area contributed by atoms with E-state index in [9.17, 15) is 18.0 Å². The van der Waals surface area contributed by atoms with Crippen LogP contribution in [0, 0.1) is 0 Å². The normalized spacial score (nSPS) is 15.0. The van der Waals surface area contributed by atoms with Gasteiger partial charge in [-0.15, -0.1) is 0 Å². The smallest absolute Gasteiger partial charge is 0.331 e. The van der Waals surface area contributed by atoms with Gasteiger partial charge in [0.15, 0.2) is 12.4 Å². The molecule has 1 fully saturated rings. The van der Waals surface area contributed by atoms with E-state index < -0.39 is 28.5 Å². The third kappa shape index (κ3) is 5.90. The molecule has 0 atom stereocenters. The van der Waals surface area contributed by atoms with Crippen molar-refractivity contribution in [3.05, 3.63) is 42.2 Å². The third-order valence-corrected chi connectivity index (χ3v) is 6.16. The van der Waals surface area contributed by atoms with E-state index in [2.05, 4.69) is 15.0 Å². The van der Waals surface area contributed by atoms with Crippen molar-refractivity contribution in [2.24, 2.45) is 0 Å². The summed E-state index contributed by atoms with van der Waals surface area (Å²) in [5.74, 6) is -0.970. The maximum absolute atomic E-state index is 13.0. The SMILES string of the molecule is COc1ccc(/C=C/C(=O)OCC(=O)Nc2ccon2)cc1S(=O)(=O)N1CCOCC1. The predicted molar refractivity (Wildman–Crippen MR) is 108 cm³/mol. The molecule has 1 aromatic carbocycles. The Morgan fingerprint density at radius 3 is 2.71 bits per heavy atom. The molecule has 1 aliphatic rings. The van der Waals surface area contributed by atoms with Gasteiger partial charge < -0.3 is 24.1 Å². The number of hydrogen-bond acceptors (Lipinski definition) is 9. The van der Waals surface area contributed by atoms with Crippen LogP contribution in [0.25, 0.3) is 6.08 Å². The first kappa shape index (κ1) is 22.5. The van der Waals surface area contributed by atoms with Gasteiger partial charge in [-0.2, -0.15) is 4.31 Å². The van der Waals surface area contributed by atoms with Crippen molar-refractivity contribution >= 4 is 33.8 Å². The average molecular weight is 451 g/mol. The second-order valence-corrected chi connectivity index (χ2v) is 8.21. The highest BCUT2D eigenvalue weighted by Crippen LogP contribution is 2.28. The van der Waals surface area contributed by atoms with Crippen molar-refractivity contribution < 1.29 is 36.7 Å². The Balaban J connectivity index is 1.65. The zero-order valence-corrected chi connectivity index (χ0v) is 17.5. The fraction of sp³-hybridized carbons (Fsp3) is 0.316. The van der Waals surface area contributed by atoms with E-state index in [0.717, 1.165) is 6.08 Å². The quantitative estimate of drug-likeness (QED) is 0.458. The molecule has 166 valence electrons. The highest BCUT2D eigenvalue weighted by molar-refractivity contribution is 7.89. The molecule has 3 rings (SSSR count). The maximum Gasteiger partial charge on any atom is 0.331 e. The second kappa shape index (κ2) is 10.2. The average Bonchev–Trinajstić information content (AvgIpc) is 3.29. The molecule has 0 unspecified atom stereocenters. The summed E-state index contributed by atoms with van der Waals surface area (Å²) < 4.78 is 47.1. The summed E-state index contributed by atoms with van der Waals surface area (Å²) in [6.07, 6.45) is 3.76. The molecule has 1 aromatic heterocycles. The minimum absolute atomic E-state index is 0.0144. The zero-order valence-electron chi connectivity index (χ0n) is 16.6. The minimum atomic E-state index is -3.80. The number of nitrogens with one attached hydrogen (secondary N) is 1. The van der Waals surface area contributed by atoms with Gasteiger partial charge >= 0.3 is 5.97 Å². The molecule has 0 saturated carbocycles. The van der Waals surface area contributed by atoms with E-state index in [0.29, 0.717) is 18.8 Å². The van der Waals surface area contributed by atoms with Crippen molar-refractivity contribution in [1.82, 2.24) is 9.46 Å². The molecule has 0 spiro atoms. The number of esters is 1. The number of rotatable bonds is 8. The van der Waals surface area contributed by atoms with Crippen LogP contribution in [0.2, 0.25) is 0 Å². The number of benzene rings is 1. The molecule has 0 bridgehead atoms. The number of hydrogen-bond donors (Lipinski definition) is 1. The largest absolute Gasteiger partial charge is 0.495 e. The topological polar surface area (TPSA) is 137 Å². The van der Waals surface area contributed by atoms with Crippen LogP contribution in [-0.4, -0.2) is 69.8 Å². The van der Waals surface area contributed by atoms with E-state index in [1.165, 1.54) is 42.0 Å². The number of carbonyl (C=O) groups excluding carboxylic acids is 2. The third-order valence-electron chi connectivity index (χ3n) is 4.24. The molecule has 0 radical (unpaired) electrons. The number of nitrogens with zero attached hydrogens (tertiary/aromatic N) is 2. The van der Waals surface area contributed by atoms with Crippen LogP contribution in [0.3, 0.4) is 0 Å². The molecular weight excluding hydrogens is 430 g/mol. The van der Waals surface area contributed by atoms with Crippen LogP contribution < -0.4 is 10.1 Å². The van der Waals surface area contributed by atoms with E-state index in [1.54, 1.807) is 6.07 Å². The second-order valence-electron chi connectivity index (χ2n) is 6.30. The summed E-state index contributed by atoms with van der Waals surface area (Å²) in [5, 5.41) is 5.88. The number of methoxy groups -OCH3 is 1. The standard InChI is InChI=1S/C19H21N3O8S/c1-27-15-4-2-14(12-16(15)31(25,26)22-7-10-28-11-8-22)3-5-19(24)29-13-18(23)20-17-6-9-30-21-17/h2-6,9,12H,7-8,10-11,13H2,1H3,(H,20,21,23)/b5-3+. The monoisotopic (exact) mass is 451 g/mol. The lowest BCUT2D eigenvalue weighted by Gasteiger charge is -2.26. The van der Waals surface area contributed by atoms with Gasteiger partial charge in [-0.3, -0.25) is 4.79 Å². The number of ether oxygens (including phenoxy) is 3. The lowest BCUT2D eigenvalue weighted by Crippen LogP contribution is -2.40. The van der Waals surface area contributed by atoms with E-state index in [1.807, 2.05) is 0 Å². The molecule has 0 aliphatic carbocycles. The van der Waals surface area contributed by atoms with E-state index >= 15 is 0 Å². The molecule has 1 saturated heterocycles. The Bertz CT molecular complexity index is 1040. The molecule has 1 N–H and O–H groups in total. The van der Waals surface area contributed by atoms with Gasteiger partial charge in [0.2, 0.25) is 10.0 Å². The van der Waals surface area contributed by atoms with Crippen molar-refractivity contribution in [3.63, 3.8) is 0 Å². The molecule has 1 aliphatic heterocycles. The molecule has 31 heavy (non-hydrogen) atoms. The number of morpholine rings is 1.